The lowest BCUT2D eigenvalue weighted by molar-refractivity contribution is 0.00578. The van der Waals surface area contributed by atoms with E-state index in [1.54, 1.807) is 40.9 Å². The number of anilines is 1. The van der Waals surface area contributed by atoms with E-state index in [1.807, 2.05) is 27.7 Å². The van der Waals surface area contributed by atoms with Crippen molar-refractivity contribution in [3.8, 4) is 0 Å². The van der Waals surface area contributed by atoms with Gasteiger partial charge in [-0.3, -0.25) is 10.1 Å². The molecule has 2 heterocycles. The van der Waals surface area contributed by atoms with Gasteiger partial charge < -0.3 is 18.9 Å². The summed E-state index contributed by atoms with van der Waals surface area (Å²) in [6.07, 6.45) is 0.845. The second-order valence-corrected chi connectivity index (χ2v) is 9.08. The first-order valence-corrected chi connectivity index (χ1v) is 9.20. The molecule has 0 saturated carbocycles. The van der Waals surface area contributed by atoms with Crippen LogP contribution in [0, 0.1) is 0 Å². The van der Waals surface area contributed by atoms with Crippen molar-refractivity contribution < 1.29 is 23.6 Å². The summed E-state index contributed by atoms with van der Waals surface area (Å²) in [5, 5.41) is 2.55. The number of amides is 2. The van der Waals surface area contributed by atoms with Crippen LogP contribution in [0.25, 0.3) is 0 Å². The largest absolute Gasteiger partial charge is 0.496 e. The molecule has 0 bridgehead atoms. The van der Waals surface area contributed by atoms with Gasteiger partial charge in [0.2, 0.25) is 0 Å². The molecule has 0 spiro atoms. The summed E-state index contributed by atoms with van der Waals surface area (Å²) in [6, 6.07) is 1.63. The van der Waals surface area contributed by atoms with Gasteiger partial charge in [-0.2, -0.15) is 0 Å². The molecule has 28 heavy (non-hydrogen) atoms. The fourth-order valence-corrected chi connectivity index (χ4v) is 2.49. The zero-order valence-electron chi connectivity index (χ0n) is 18.2. The Balaban J connectivity index is 2.36. The number of nitrogens with zero attached hydrogens (tertiary/aromatic N) is 2. The molecule has 1 fully saturated rings. The molecule has 8 nitrogen and oxygen atoms in total. The van der Waals surface area contributed by atoms with Crippen molar-refractivity contribution in [3.63, 3.8) is 0 Å². The number of carbonyl (C=O) groups excluding carboxylic acids is 2. The Hall–Kier alpha value is -2.13. The van der Waals surface area contributed by atoms with E-state index >= 15 is 0 Å². The van der Waals surface area contributed by atoms with E-state index in [0.717, 1.165) is 0 Å². The van der Waals surface area contributed by atoms with Crippen LogP contribution in [0.15, 0.2) is 12.3 Å². The number of carbonyl (C=O) groups is 2. The molecule has 154 valence electrons. The lowest BCUT2D eigenvalue weighted by atomic mass is 9.79. The average molecular weight is 391 g/mol. The third kappa shape index (κ3) is 4.83. The second-order valence-electron chi connectivity index (χ2n) is 9.08. The van der Waals surface area contributed by atoms with Crippen LogP contribution in [0.1, 0.15) is 58.8 Å². The maximum atomic E-state index is 12.7. The molecule has 1 aromatic rings. The summed E-state index contributed by atoms with van der Waals surface area (Å²) >= 11 is 0. The SMILES string of the molecule is CN(C)C(=O)c1cc(B2OC(C)(C)C(C)(C)O2)cnc1NC(=O)OC(C)(C)C. The van der Waals surface area contributed by atoms with Gasteiger partial charge in [-0.25, -0.2) is 9.78 Å². The summed E-state index contributed by atoms with van der Waals surface area (Å²) in [5.74, 6) is -0.190. The molecule has 0 aromatic carbocycles. The number of ether oxygens (including phenoxy) is 1. The topological polar surface area (TPSA) is 90.0 Å². The van der Waals surface area contributed by atoms with E-state index < -0.39 is 30.0 Å². The van der Waals surface area contributed by atoms with E-state index in [9.17, 15) is 9.59 Å². The fraction of sp³-hybridized carbons (Fsp3) is 0.632. The second kappa shape index (κ2) is 7.37. The summed E-state index contributed by atoms with van der Waals surface area (Å²) in [4.78, 5) is 30.5. The summed E-state index contributed by atoms with van der Waals surface area (Å²) in [5.41, 5.74) is -0.881. The summed E-state index contributed by atoms with van der Waals surface area (Å²) in [7, 11) is 2.59. The Morgan fingerprint density at radius 3 is 2.14 bits per heavy atom. The number of hydrogen-bond donors (Lipinski definition) is 1. The Labute approximate surface area is 167 Å². The number of pyridine rings is 1. The van der Waals surface area contributed by atoms with Gasteiger partial charge in [0.1, 0.15) is 11.4 Å². The highest BCUT2D eigenvalue weighted by atomic mass is 16.7. The van der Waals surface area contributed by atoms with Crippen molar-refractivity contribution in [2.75, 3.05) is 19.4 Å². The van der Waals surface area contributed by atoms with Crippen LogP contribution in [0.3, 0.4) is 0 Å². The molecule has 1 aliphatic rings. The molecule has 0 unspecified atom stereocenters. The van der Waals surface area contributed by atoms with Gasteiger partial charge in [0.15, 0.2) is 0 Å². The van der Waals surface area contributed by atoms with Gasteiger partial charge in [0.05, 0.1) is 16.8 Å². The average Bonchev–Trinajstić information content (AvgIpc) is 2.73. The van der Waals surface area contributed by atoms with E-state index in [-0.39, 0.29) is 17.3 Å². The van der Waals surface area contributed by atoms with Crippen LogP contribution >= 0.6 is 0 Å². The number of rotatable bonds is 3. The Morgan fingerprint density at radius 2 is 1.68 bits per heavy atom. The van der Waals surface area contributed by atoms with Crippen molar-refractivity contribution in [2.24, 2.45) is 0 Å². The first-order valence-electron chi connectivity index (χ1n) is 9.20. The normalized spacial score (nSPS) is 18.0. The highest BCUT2D eigenvalue weighted by Crippen LogP contribution is 2.36. The van der Waals surface area contributed by atoms with Crippen LogP contribution in [-0.2, 0) is 14.0 Å². The van der Waals surface area contributed by atoms with Gasteiger partial charge in [-0.1, -0.05) is 0 Å². The lowest BCUT2D eigenvalue weighted by Crippen LogP contribution is -2.41. The smallest absolute Gasteiger partial charge is 0.444 e. The van der Waals surface area contributed by atoms with Crippen LogP contribution in [0.4, 0.5) is 10.6 Å². The predicted molar refractivity (Wildman–Crippen MR) is 108 cm³/mol. The molecular weight excluding hydrogens is 361 g/mol. The van der Waals surface area contributed by atoms with Crippen molar-refractivity contribution in [2.45, 2.75) is 65.3 Å². The van der Waals surface area contributed by atoms with Crippen LogP contribution in [0.5, 0.6) is 0 Å². The predicted octanol–water partition coefficient (Wildman–Crippen LogP) is 2.43. The zero-order chi connectivity index (χ0) is 21.5. The van der Waals surface area contributed by atoms with Crippen LogP contribution in [-0.4, -0.2) is 59.9 Å². The van der Waals surface area contributed by atoms with Crippen molar-refractivity contribution in [1.29, 1.82) is 0 Å². The molecule has 1 N–H and O–H groups in total. The molecular formula is C19H30BN3O5. The Morgan fingerprint density at radius 1 is 1.14 bits per heavy atom. The lowest BCUT2D eigenvalue weighted by Gasteiger charge is -2.32. The number of nitrogens with one attached hydrogen (secondary N) is 1. The van der Waals surface area contributed by atoms with Crippen LogP contribution < -0.4 is 10.8 Å². The minimum absolute atomic E-state index is 0.119. The molecule has 1 aromatic heterocycles. The molecule has 9 heteroatoms. The van der Waals surface area contributed by atoms with E-state index in [2.05, 4.69) is 10.3 Å². The molecule has 1 saturated heterocycles. The molecule has 1 aliphatic heterocycles. The van der Waals surface area contributed by atoms with Crippen molar-refractivity contribution in [3.05, 3.63) is 17.8 Å². The Kier molecular flexibility index (Phi) is 5.83. The Bertz CT molecular complexity index is 755. The van der Waals surface area contributed by atoms with Crippen molar-refractivity contribution in [1.82, 2.24) is 9.88 Å². The summed E-state index contributed by atoms with van der Waals surface area (Å²) in [6.45, 7) is 13.1. The molecule has 0 aliphatic carbocycles. The molecule has 2 rings (SSSR count). The number of hydrogen-bond acceptors (Lipinski definition) is 6. The van der Waals surface area contributed by atoms with E-state index in [0.29, 0.717) is 5.46 Å². The van der Waals surface area contributed by atoms with Gasteiger partial charge in [-0.05, 0) is 54.5 Å². The standard InChI is InChI=1S/C19H30BN3O5/c1-17(2,3)26-16(25)22-14-13(15(24)23(8)9)10-12(11-21-14)20-27-18(4,5)19(6,7)28-20/h10-11H,1-9H3,(H,21,22,25). The van der Waals surface area contributed by atoms with Gasteiger partial charge in [0, 0.05) is 25.8 Å². The highest BCUT2D eigenvalue weighted by Gasteiger charge is 2.52. The van der Waals surface area contributed by atoms with Gasteiger partial charge in [0.25, 0.3) is 5.91 Å². The van der Waals surface area contributed by atoms with Crippen LogP contribution in [0.2, 0.25) is 0 Å². The first kappa shape index (κ1) is 22.2. The monoisotopic (exact) mass is 391 g/mol. The third-order valence-electron chi connectivity index (χ3n) is 4.69. The molecule has 0 atom stereocenters. The van der Waals surface area contributed by atoms with Gasteiger partial charge >= 0.3 is 13.2 Å². The highest BCUT2D eigenvalue weighted by molar-refractivity contribution is 6.62. The maximum Gasteiger partial charge on any atom is 0.496 e. The van der Waals surface area contributed by atoms with Gasteiger partial charge in [-0.15, -0.1) is 0 Å². The zero-order valence-corrected chi connectivity index (χ0v) is 18.2. The summed E-state index contributed by atoms with van der Waals surface area (Å²) < 4.78 is 17.3. The van der Waals surface area contributed by atoms with Crippen molar-refractivity contribution >= 4 is 30.4 Å². The first-order chi connectivity index (χ1) is 12.6. The minimum Gasteiger partial charge on any atom is -0.444 e. The minimum atomic E-state index is -0.684. The quantitative estimate of drug-likeness (QED) is 0.796. The maximum absolute atomic E-state index is 12.7. The van der Waals surface area contributed by atoms with E-state index in [1.165, 1.54) is 11.1 Å². The molecule has 2 amide bonds. The number of aromatic nitrogens is 1. The molecule has 0 radical (unpaired) electrons. The third-order valence-corrected chi connectivity index (χ3v) is 4.69. The van der Waals surface area contributed by atoms with E-state index in [4.69, 9.17) is 14.0 Å². The fourth-order valence-electron chi connectivity index (χ4n) is 2.49.